The average Bonchev–Trinajstić information content (AvgIpc) is 3.54. The summed E-state index contributed by atoms with van der Waals surface area (Å²) in [6.45, 7) is 11.9. The van der Waals surface area contributed by atoms with Gasteiger partial charge in [-0.2, -0.15) is 26.3 Å². The Balaban J connectivity index is 1.74. The van der Waals surface area contributed by atoms with Crippen LogP contribution in [0.3, 0.4) is 0 Å². The summed E-state index contributed by atoms with van der Waals surface area (Å²) in [6, 6.07) is 4.22. The third kappa shape index (κ3) is 7.49. The van der Waals surface area contributed by atoms with Gasteiger partial charge in [-0.3, -0.25) is 9.59 Å². The first kappa shape index (κ1) is 39.8. The van der Waals surface area contributed by atoms with Crippen LogP contribution < -0.4 is 10.9 Å². The van der Waals surface area contributed by atoms with Gasteiger partial charge >= 0.3 is 32.6 Å². The van der Waals surface area contributed by atoms with E-state index in [1.165, 1.54) is 0 Å². The Kier molecular flexibility index (Phi) is 9.82. The fraction of sp³-hybridized carbons (Fsp3) is 0.531. The van der Waals surface area contributed by atoms with Crippen LogP contribution in [0.15, 0.2) is 50.6 Å². The highest BCUT2D eigenvalue weighted by atomic mass is 32.2. The monoisotopic (exact) mass is 760 g/mol. The second-order valence-corrected chi connectivity index (χ2v) is 16.9. The van der Waals surface area contributed by atoms with Crippen LogP contribution in [0.4, 0.5) is 26.3 Å². The quantitative estimate of drug-likeness (QED) is 0.222. The van der Waals surface area contributed by atoms with E-state index in [1.807, 2.05) is 0 Å². The Morgan fingerprint density at radius 2 is 1.06 bits per heavy atom. The van der Waals surface area contributed by atoms with Crippen LogP contribution >= 0.6 is 0 Å². The summed E-state index contributed by atoms with van der Waals surface area (Å²) in [6.07, 6.45) is -10.7. The molecule has 3 aliphatic heterocycles. The molecule has 52 heavy (non-hydrogen) atoms. The number of halogens is 6. The zero-order valence-corrected chi connectivity index (χ0v) is 30.3. The molecular weight excluding hydrogens is 724 g/mol. The zero-order valence-electron chi connectivity index (χ0n) is 29.5. The Labute approximate surface area is 297 Å². The van der Waals surface area contributed by atoms with Gasteiger partial charge in [0.1, 0.15) is 16.3 Å². The molecule has 3 fully saturated rings. The normalized spacial score (nSPS) is 21.2. The second kappa shape index (κ2) is 12.8. The molecule has 0 spiro atoms. The molecule has 0 aliphatic carbocycles. The van der Waals surface area contributed by atoms with Crippen molar-refractivity contribution in [3.8, 4) is 0 Å². The average molecular weight is 760 g/mol. The molecule has 282 valence electrons. The van der Waals surface area contributed by atoms with Gasteiger partial charge in [-0.05, 0) is 90.6 Å². The van der Waals surface area contributed by atoms with Gasteiger partial charge in [0.05, 0.1) is 43.3 Å². The number of hydroxylamine groups is 2. The van der Waals surface area contributed by atoms with E-state index < -0.39 is 104 Å². The fourth-order valence-electron chi connectivity index (χ4n) is 5.34. The standard InChI is InChI=1S/C32H36B2F6N2O9S/c1-27(2)28(3,4)49-33(48-27)20-11-18(31(35,36)37)13-22(15-20)52(46,41-17-26(45)47-42-24(43)9-10-25(42)44)23-14-19(32(38,39)40)12-21(16-23)34-50-29(5,6)30(7,8)51-34/h11-16H,9-10,17H2,1-8H3. The van der Waals surface area contributed by atoms with Crippen molar-refractivity contribution in [2.45, 2.75) is 113 Å². The van der Waals surface area contributed by atoms with Gasteiger partial charge in [-0.25, -0.2) is 13.4 Å². The summed E-state index contributed by atoms with van der Waals surface area (Å²) < 4.78 is 130. The van der Waals surface area contributed by atoms with Crippen molar-refractivity contribution in [3.05, 3.63) is 47.5 Å². The van der Waals surface area contributed by atoms with Crippen LogP contribution in [-0.4, -0.2) is 70.2 Å². The summed E-state index contributed by atoms with van der Waals surface area (Å²) >= 11 is 0. The second-order valence-electron chi connectivity index (χ2n) is 14.6. The zero-order chi connectivity index (χ0) is 39.0. The van der Waals surface area contributed by atoms with E-state index in [9.17, 15) is 40.7 Å². The number of alkyl halides is 6. The molecule has 5 rings (SSSR count). The molecule has 3 saturated heterocycles. The third-order valence-electron chi connectivity index (χ3n) is 9.78. The van der Waals surface area contributed by atoms with Gasteiger partial charge in [0.2, 0.25) is 0 Å². The number of imide groups is 1. The lowest BCUT2D eigenvalue weighted by atomic mass is 9.78. The van der Waals surface area contributed by atoms with Crippen molar-refractivity contribution in [1.29, 1.82) is 0 Å². The van der Waals surface area contributed by atoms with E-state index in [4.69, 9.17) is 23.5 Å². The highest BCUT2D eigenvalue weighted by Gasteiger charge is 2.54. The van der Waals surface area contributed by atoms with Gasteiger partial charge in [-0.15, -0.1) is 5.06 Å². The number of nitrogens with zero attached hydrogens (tertiary/aromatic N) is 2. The molecule has 2 aromatic carbocycles. The van der Waals surface area contributed by atoms with Crippen LogP contribution in [-0.2, 0) is 59.9 Å². The molecule has 0 saturated carbocycles. The predicted octanol–water partition coefficient (Wildman–Crippen LogP) is 4.82. The highest BCUT2D eigenvalue weighted by Crippen LogP contribution is 2.40. The summed E-state index contributed by atoms with van der Waals surface area (Å²) in [7, 11) is -7.57. The lowest BCUT2D eigenvalue weighted by Gasteiger charge is -2.32. The smallest absolute Gasteiger partial charge is 0.399 e. The summed E-state index contributed by atoms with van der Waals surface area (Å²) in [5.74, 6) is -3.17. The van der Waals surface area contributed by atoms with Crippen molar-refractivity contribution in [2.24, 2.45) is 4.36 Å². The van der Waals surface area contributed by atoms with Gasteiger partial charge in [0, 0.05) is 12.8 Å². The molecule has 2 amide bonds. The first-order valence-corrected chi connectivity index (χ1v) is 17.5. The molecule has 0 aromatic heterocycles. The minimum Gasteiger partial charge on any atom is -0.399 e. The van der Waals surface area contributed by atoms with Crippen molar-refractivity contribution >= 4 is 52.7 Å². The number of rotatable bonds is 7. The first-order chi connectivity index (χ1) is 23.6. The number of benzene rings is 2. The van der Waals surface area contributed by atoms with E-state index in [0.29, 0.717) is 24.3 Å². The summed E-state index contributed by atoms with van der Waals surface area (Å²) in [5.41, 5.74) is -7.47. The van der Waals surface area contributed by atoms with E-state index in [-0.39, 0.29) is 28.8 Å². The fourth-order valence-corrected chi connectivity index (χ4v) is 7.36. The number of carbonyl (C=O) groups excluding carboxylic acids is 3. The first-order valence-electron chi connectivity index (χ1n) is 16.0. The number of hydrogen-bond donors (Lipinski definition) is 0. The lowest BCUT2D eigenvalue weighted by molar-refractivity contribution is -0.196. The van der Waals surface area contributed by atoms with Crippen LogP contribution in [0.5, 0.6) is 0 Å². The number of carbonyl (C=O) groups is 3. The maximum atomic E-state index is 15.2. The molecule has 2 aromatic rings. The van der Waals surface area contributed by atoms with E-state index in [0.717, 1.165) is 12.1 Å². The van der Waals surface area contributed by atoms with Gasteiger partial charge in [-0.1, -0.05) is 12.1 Å². The summed E-state index contributed by atoms with van der Waals surface area (Å²) in [5, 5.41) is 0.168. The minimum absolute atomic E-state index is 0.168. The number of amides is 2. The molecule has 0 unspecified atom stereocenters. The van der Waals surface area contributed by atoms with E-state index >= 15 is 4.21 Å². The molecule has 3 heterocycles. The maximum Gasteiger partial charge on any atom is 0.494 e. The largest absolute Gasteiger partial charge is 0.494 e. The van der Waals surface area contributed by atoms with Crippen LogP contribution in [0.1, 0.15) is 79.4 Å². The van der Waals surface area contributed by atoms with Crippen molar-refractivity contribution in [3.63, 3.8) is 0 Å². The van der Waals surface area contributed by atoms with Crippen LogP contribution in [0, 0.1) is 0 Å². The molecule has 0 atom stereocenters. The van der Waals surface area contributed by atoms with Crippen LogP contribution in [0.25, 0.3) is 0 Å². The Bertz CT molecular complexity index is 1790. The van der Waals surface area contributed by atoms with Crippen molar-refractivity contribution in [1.82, 2.24) is 5.06 Å². The third-order valence-corrected chi connectivity index (χ3v) is 12.0. The van der Waals surface area contributed by atoms with E-state index in [1.54, 1.807) is 55.4 Å². The molecule has 0 N–H and O–H groups in total. The Morgan fingerprint density at radius 3 is 1.38 bits per heavy atom. The van der Waals surface area contributed by atoms with Crippen molar-refractivity contribution < 1.29 is 68.4 Å². The number of hydrogen-bond acceptors (Lipinski definition) is 10. The van der Waals surface area contributed by atoms with Gasteiger partial charge < -0.3 is 23.5 Å². The predicted molar refractivity (Wildman–Crippen MR) is 173 cm³/mol. The van der Waals surface area contributed by atoms with Crippen LogP contribution in [0.2, 0.25) is 0 Å². The maximum absolute atomic E-state index is 15.2. The molecular formula is C32H36B2F6N2O9S. The SMILES string of the molecule is CC1(C)OB(c2cc(C(F)(F)F)cc(S(=O)(=NCC(=O)ON3C(=O)CCC3=O)c3cc(B4OC(C)(C)C(C)(C)O4)cc(C(F)(F)F)c3)c2)OC1(C)C. The Morgan fingerprint density at radius 1 is 0.712 bits per heavy atom. The minimum atomic E-state index is -5.08. The highest BCUT2D eigenvalue weighted by molar-refractivity contribution is 7.93. The molecule has 0 radical (unpaired) electrons. The van der Waals surface area contributed by atoms with Gasteiger partial charge in [0.25, 0.3) is 11.8 Å². The topological polar surface area (TPSA) is 130 Å². The van der Waals surface area contributed by atoms with E-state index in [2.05, 4.69) is 4.36 Å². The molecule has 20 heteroatoms. The van der Waals surface area contributed by atoms with Gasteiger partial charge in [0.15, 0.2) is 0 Å². The molecule has 0 bridgehead atoms. The lowest BCUT2D eigenvalue weighted by Crippen LogP contribution is -2.41. The summed E-state index contributed by atoms with van der Waals surface area (Å²) in [4.78, 5) is 40.2. The molecule has 3 aliphatic rings. The Hall–Kier alpha value is -3.45. The van der Waals surface area contributed by atoms with Crippen molar-refractivity contribution in [2.75, 3.05) is 6.54 Å². The molecule has 11 nitrogen and oxygen atoms in total.